The minimum atomic E-state index is -4.67. The Hall–Kier alpha value is -4.58. The van der Waals surface area contributed by atoms with Gasteiger partial charge in [0.05, 0.1) is 21.8 Å². The van der Waals surface area contributed by atoms with Crippen LogP contribution in [-0.4, -0.2) is 27.9 Å². The Bertz CT molecular complexity index is 1650. The molecule has 2 aliphatic rings. The third-order valence-electron chi connectivity index (χ3n) is 6.30. The second-order valence-electron chi connectivity index (χ2n) is 8.83. The molecule has 0 spiro atoms. The molecule has 0 radical (unpaired) electrons. The second-order valence-corrected chi connectivity index (χ2v) is 9.84. The van der Waals surface area contributed by atoms with Crippen LogP contribution in [-0.2, 0) is 15.8 Å². The molecule has 3 aromatic carbocycles. The number of anilines is 2. The van der Waals surface area contributed by atoms with Gasteiger partial charge in [-0.15, -0.1) is 0 Å². The van der Waals surface area contributed by atoms with E-state index in [0.717, 1.165) is 17.2 Å². The Labute approximate surface area is 224 Å². The lowest BCUT2D eigenvalue weighted by Crippen LogP contribution is -2.17. The second kappa shape index (κ2) is 9.62. The monoisotopic (exact) mass is 552 g/mol. The molecular weight excluding hydrogens is 533 g/mol. The quantitative estimate of drug-likeness (QED) is 0.185. The smallest absolute Gasteiger partial charge is 0.417 e. The minimum Gasteiger partial charge on any atom is -0.505 e. The highest BCUT2D eigenvalue weighted by molar-refractivity contribution is 8.18. The first kappa shape index (κ1) is 26.0. The number of hydrogen-bond acceptors (Lipinski definition) is 7. The van der Waals surface area contributed by atoms with Gasteiger partial charge in [-0.2, -0.15) is 18.3 Å². The maximum atomic E-state index is 14.0. The van der Waals surface area contributed by atoms with Crippen molar-refractivity contribution in [3.63, 3.8) is 0 Å². The molecule has 39 heavy (non-hydrogen) atoms. The number of para-hydroxylation sites is 1. The Kier molecular flexibility index (Phi) is 6.43. The number of imide groups is 1. The summed E-state index contributed by atoms with van der Waals surface area (Å²) in [6.45, 7) is 3.63. The fourth-order valence-corrected chi connectivity index (χ4v) is 4.89. The van der Waals surface area contributed by atoms with Gasteiger partial charge in [0.15, 0.2) is 5.71 Å². The number of halogens is 3. The van der Waals surface area contributed by atoms with E-state index in [0.29, 0.717) is 17.3 Å². The van der Waals surface area contributed by atoms with Crippen molar-refractivity contribution in [2.24, 2.45) is 5.10 Å². The number of rotatable bonds is 4. The Morgan fingerprint density at radius 1 is 0.974 bits per heavy atom. The lowest BCUT2D eigenvalue weighted by molar-refractivity contribution is -0.137. The van der Waals surface area contributed by atoms with Gasteiger partial charge in [0.2, 0.25) is 0 Å². The van der Waals surface area contributed by atoms with Crippen LogP contribution in [0.15, 0.2) is 58.5 Å². The molecule has 198 valence electrons. The first-order valence-electron chi connectivity index (χ1n) is 11.5. The van der Waals surface area contributed by atoms with E-state index in [1.807, 2.05) is 6.92 Å². The highest BCUT2D eigenvalue weighted by Gasteiger charge is 2.39. The highest BCUT2D eigenvalue weighted by Crippen LogP contribution is 2.45. The summed E-state index contributed by atoms with van der Waals surface area (Å²) in [5, 5.41) is 18.9. The fraction of sp³-hybridized carbons (Fsp3) is 0.111. The maximum absolute atomic E-state index is 14.0. The molecule has 3 amide bonds. The van der Waals surface area contributed by atoms with Crippen LogP contribution in [0.2, 0.25) is 0 Å². The van der Waals surface area contributed by atoms with Gasteiger partial charge < -0.3 is 10.4 Å². The van der Waals surface area contributed by atoms with Crippen LogP contribution in [0.25, 0.3) is 17.2 Å². The summed E-state index contributed by atoms with van der Waals surface area (Å²) in [7, 11) is 0. The number of aryl methyl sites for hydroxylation is 2. The van der Waals surface area contributed by atoms with Gasteiger partial charge in [-0.1, -0.05) is 30.3 Å². The van der Waals surface area contributed by atoms with E-state index in [2.05, 4.69) is 21.2 Å². The van der Waals surface area contributed by atoms with Crippen LogP contribution in [0.5, 0.6) is 5.75 Å². The molecule has 3 aromatic rings. The number of alkyl halides is 3. The fourth-order valence-electron chi connectivity index (χ4n) is 4.22. The highest BCUT2D eigenvalue weighted by atomic mass is 32.2. The van der Waals surface area contributed by atoms with Crippen LogP contribution in [0.3, 0.4) is 0 Å². The van der Waals surface area contributed by atoms with Gasteiger partial charge in [-0.25, -0.2) is 0 Å². The van der Waals surface area contributed by atoms with Gasteiger partial charge in [-0.3, -0.25) is 25.1 Å². The first-order chi connectivity index (χ1) is 18.4. The summed E-state index contributed by atoms with van der Waals surface area (Å²) in [4.78, 5) is 36.2. The predicted molar refractivity (Wildman–Crippen MR) is 142 cm³/mol. The molecule has 0 unspecified atom stereocenters. The molecule has 0 bridgehead atoms. The molecule has 8 nitrogen and oxygen atoms in total. The average molecular weight is 553 g/mol. The number of hydrogen-bond donors (Lipinski definition) is 4. The molecule has 12 heteroatoms. The van der Waals surface area contributed by atoms with Crippen LogP contribution < -0.4 is 16.1 Å². The topological polar surface area (TPSA) is 120 Å². The van der Waals surface area contributed by atoms with Crippen molar-refractivity contribution < 1.29 is 32.7 Å². The van der Waals surface area contributed by atoms with Crippen LogP contribution >= 0.6 is 11.8 Å². The summed E-state index contributed by atoms with van der Waals surface area (Å²) in [5.74, 6) is -1.64. The molecule has 1 fully saturated rings. The summed E-state index contributed by atoms with van der Waals surface area (Å²) in [5.41, 5.74) is 3.74. The van der Waals surface area contributed by atoms with Gasteiger partial charge >= 0.3 is 6.18 Å². The average Bonchev–Trinajstić information content (AvgIpc) is 3.36. The third kappa shape index (κ3) is 4.86. The number of nitrogens with one attached hydrogen (secondary N) is 3. The van der Waals surface area contributed by atoms with Crippen molar-refractivity contribution in [3.05, 3.63) is 81.3 Å². The van der Waals surface area contributed by atoms with Gasteiger partial charge in [-0.05, 0) is 66.6 Å². The number of carbonyl (C=O) groups excluding carboxylic acids is 3. The zero-order chi connectivity index (χ0) is 28.1. The van der Waals surface area contributed by atoms with Gasteiger partial charge in [0.25, 0.3) is 17.1 Å². The number of carbonyl (C=O) groups is 3. The number of fused-ring (bicyclic) bond motifs is 1. The van der Waals surface area contributed by atoms with Crippen molar-refractivity contribution >= 4 is 52.0 Å². The zero-order valence-corrected chi connectivity index (χ0v) is 21.2. The Morgan fingerprint density at radius 2 is 1.74 bits per heavy atom. The Balaban J connectivity index is 1.55. The van der Waals surface area contributed by atoms with E-state index < -0.39 is 28.8 Å². The molecule has 0 saturated carbocycles. The summed E-state index contributed by atoms with van der Waals surface area (Å²) in [6, 6.07) is 11.5. The summed E-state index contributed by atoms with van der Waals surface area (Å²) < 4.78 is 42.0. The molecular formula is C27H19F3N4O4S. The molecule has 2 heterocycles. The standard InChI is InChI=1S/C27H19F3N4O4S/c1-12-6-7-14(10-13(12)2)20-17(27(28,29)30)9-8-16-21(20)31-25(37)22(16)34-33-18-5-3-4-15(23(18)35)11-19-24(36)32-26(38)39-19/h3-11,33,35H,1-2H3,(H,31,34,37)(H,32,36,38). The number of nitrogens with zero attached hydrogens (tertiary/aromatic N) is 1. The minimum absolute atomic E-state index is 0.0183. The number of phenolic OH excluding ortho intramolecular Hbond substituents is 1. The maximum Gasteiger partial charge on any atom is 0.417 e. The molecule has 0 atom stereocenters. The number of amides is 3. The molecule has 2 aliphatic heterocycles. The molecule has 1 saturated heterocycles. The largest absolute Gasteiger partial charge is 0.505 e. The number of aromatic hydroxyl groups is 1. The van der Waals surface area contributed by atoms with E-state index in [-0.39, 0.29) is 44.4 Å². The van der Waals surface area contributed by atoms with Crippen molar-refractivity contribution in [2.75, 3.05) is 10.7 Å². The van der Waals surface area contributed by atoms with Crippen molar-refractivity contribution in [3.8, 4) is 16.9 Å². The summed E-state index contributed by atoms with van der Waals surface area (Å²) in [6.07, 6.45) is -3.35. The molecule has 5 rings (SSSR count). The van der Waals surface area contributed by atoms with Crippen molar-refractivity contribution in [1.29, 1.82) is 0 Å². The van der Waals surface area contributed by atoms with Gasteiger partial charge in [0, 0.05) is 16.7 Å². The first-order valence-corrected chi connectivity index (χ1v) is 12.3. The lowest BCUT2D eigenvalue weighted by Gasteiger charge is -2.17. The van der Waals surface area contributed by atoms with E-state index in [1.54, 1.807) is 31.2 Å². The van der Waals surface area contributed by atoms with E-state index in [1.165, 1.54) is 24.3 Å². The number of thioether (sulfide) groups is 1. The van der Waals surface area contributed by atoms with Gasteiger partial charge in [0.1, 0.15) is 5.75 Å². The molecule has 4 N–H and O–H groups in total. The number of phenols is 1. The SMILES string of the molecule is Cc1ccc(-c2c(C(F)(F)F)ccc3c2NC(=O)C3=NNc2cccc(C=C3SC(=O)NC3=O)c2O)cc1C. The molecule has 0 aliphatic carbocycles. The van der Waals surface area contributed by atoms with Crippen molar-refractivity contribution in [2.45, 2.75) is 20.0 Å². The van der Waals surface area contributed by atoms with Crippen LogP contribution in [0.4, 0.5) is 29.3 Å². The zero-order valence-electron chi connectivity index (χ0n) is 20.4. The van der Waals surface area contributed by atoms with E-state index >= 15 is 0 Å². The van der Waals surface area contributed by atoms with E-state index in [9.17, 15) is 32.7 Å². The summed E-state index contributed by atoms with van der Waals surface area (Å²) >= 11 is 0.683. The molecule has 0 aromatic heterocycles. The normalized spacial score (nSPS) is 17.0. The number of benzene rings is 3. The predicted octanol–water partition coefficient (Wildman–Crippen LogP) is 5.79. The van der Waals surface area contributed by atoms with Crippen molar-refractivity contribution in [1.82, 2.24) is 5.32 Å². The van der Waals surface area contributed by atoms with E-state index in [4.69, 9.17) is 0 Å². The Morgan fingerprint density at radius 3 is 2.41 bits per heavy atom. The lowest BCUT2D eigenvalue weighted by atomic mass is 9.92. The van der Waals surface area contributed by atoms with Crippen LogP contribution in [0, 0.1) is 13.8 Å². The van der Waals surface area contributed by atoms with Crippen LogP contribution in [0.1, 0.15) is 27.8 Å². The number of hydrazone groups is 1. The third-order valence-corrected chi connectivity index (χ3v) is 7.11.